The van der Waals surface area contributed by atoms with Gasteiger partial charge in [-0.3, -0.25) is 0 Å². The van der Waals surface area contributed by atoms with Gasteiger partial charge in [0, 0.05) is 17.1 Å². The maximum Gasteiger partial charge on any atom is 0.333 e. The number of carbonyl (C=O) groups excluding carboxylic acids is 2. The van der Waals surface area contributed by atoms with Crippen LogP contribution in [0.3, 0.4) is 0 Å². The van der Waals surface area contributed by atoms with E-state index in [1.807, 2.05) is 27.7 Å². The van der Waals surface area contributed by atoms with Crippen molar-refractivity contribution in [1.82, 2.24) is 0 Å². The van der Waals surface area contributed by atoms with Crippen LogP contribution in [0.1, 0.15) is 41.5 Å². The third-order valence-corrected chi connectivity index (χ3v) is 3.48. The molecule has 0 saturated carbocycles. The lowest BCUT2D eigenvalue weighted by molar-refractivity contribution is -0.154. The summed E-state index contributed by atoms with van der Waals surface area (Å²) in [6, 6.07) is 0. The van der Waals surface area contributed by atoms with Gasteiger partial charge in [-0.2, -0.15) is 0 Å². The van der Waals surface area contributed by atoms with Crippen molar-refractivity contribution in [2.75, 3.05) is 7.11 Å². The first-order valence-corrected chi connectivity index (χ1v) is 6.19. The van der Waals surface area contributed by atoms with Crippen molar-refractivity contribution in [3.63, 3.8) is 0 Å². The van der Waals surface area contributed by atoms with Gasteiger partial charge in [0.1, 0.15) is 5.60 Å². The van der Waals surface area contributed by atoms with Crippen LogP contribution >= 0.6 is 0 Å². The second-order valence-corrected chi connectivity index (χ2v) is 5.29. The monoisotopic (exact) mass is 268 g/mol. The van der Waals surface area contributed by atoms with E-state index in [2.05, 4.69) is 6.58 Å². The molecule has 0 aliphatic carbocycles. The molecule has 0 N–H and O–H groups in total. The summed E-state index contributed by atoms with van der Waals surface area (Å²) in [4.78, 5) is 23.1. The zero-order valence-electron chi connectivity index (χ0n) is 12.9. The van der Waals surface area contributed by atoms with Gasteiger partial charge < -0.3 is 9.47 Å². The Kier molecular flexibility index (Phi) is 6.00. The molecule has 0 aliphatic rings. The van der Waals surface area contributed by atoms with Gasteiger partial charge in [0.05, 0.1) is 7.11 Å². The number of hydrogen-bond acceptors (Lipinski definition) is 4. The Balaban J connectivity index is 5.18. The second-order valence-electron chi connectivity index (χ2n) is 5.29. The molecule has 0 saturated heterocycles. The second kappa shape index (κ2) is 6.55. The Morgan fingerprint density at radius 2 is 1.58 bits per heavy atom. The molecule has 0 aromatic carbocycles. The number of esters is 2. The highest BCUT2D eigenvalue weighted by Gasteiger charge is 2.32. The van der Waals surface area contributed by atoms with Gasteiger partial charge in [-0.05, 0) is 34.6 Å². The lowest BCUT2D eigenvalue weighted by atomic mass is 9.84. The number of rotatable bonds is 5. The summed E-state index contributed by atoms with van der Waals surface area (Å²) in [5, 5.41) is 0. The van der Waals surface area contributed by atoms with Crippen molar-refractivity contribution < 1.29 is 19.1 Å². The van der Waals surface area contributed by atoms with Crippen molar-refractivity contribution in [3.8, 4) is 0 Å². The average Bonchev–Trinajstić information content (AvgIpc) is 2.34. The molecule has 1 atom stereocenters. The quantitative estimate of drug-likeness (QED) is 0.568. The van der Waals surface area contributed by atoms with Gasteiger partial charge in [0.15, 0.2) is 0 Å². The van der Waals surface area contributed by atoms with E-state index in [1.165, 1.54) is 7.11 Å². The normalized spacial score (nSPS) is 14.3. The van der Waals surface area contributed by atoms with Crippen LogP contribution < -0.4 is 0 Å². The minimum absolute atomic E-state index is 0.116. The molecule has 19 heavy (non-hydrogen) atoms. The fraction of sp³-hybridized carbons (Fsp3) is 0.600. The largest absolute Gasteiger partial charge is 0.466 e. The Labute approximate surface area is 115 Å². The number of methoxy groups -OCH3 is 1. The standard InChI is InChI=1S/C15H24O4/c1-9(2)13(16)19-15(6,7)12(5)10(3)11(4)14(17)18-8/h12H,1H2,2-8H3. The molecule has 0 bridgehead atoms. The van der Waals surface area contributed by atoms with Crippen molar-refractivity contribution in [1.29, 1.82) is 0 Å². The highest BCUT2D eigenvalue weighted by Crippen LogP contribution is 2.30. The van der Waals surface area contributed by atoms with Crippen LogP contribution in [-0.4, -0.2) is 24.6 Å². The first kappa shape index (κ1) is 17.4. The van der Waals surface area contributed by atoms with Crippen LogP contribution in [-0.2, 0) is 19.1 Å². The molecule has 0 spiro atoms. The molecule has 0 aliphatic heterocycles. The minimum atomic E-state index is -0.727. The molecule has 4 nitrogen and oxygen atoms in total. The molecular formula is C15H24O4. The smallest absolute Gasteiger partial charge is 0.333 e. The number of carbonyl (C=O) groups is 2. The average molecular weight is 268 g/mol. The van der Waals surface area contributed by atoms with Crippen LogP contribution in [0, 0.1) is 5.92 Å². The van der Waals surface area contributed by atoms with Crippen LogP contribution in [0.15, 0.2) is 23.3 Å². The molecule has 0 aromatic rings. The summed E-state index contributed by atoms with van der Waals surface area (Å²) in [5.41, 5.74) is 1.00. The molecule has 0 aromatic heterocycles. The maximum absolute atomic E-state index is 11.6. The van der Waals surface area contributed by atoms with Gasteiger partial charge >= 0.3 is 11.9 Å². The van der Waals surface area contributed by atoms with Gasteiger partial charge in [0.2, 0.25) is 0 Å². The first-order chi connectivity index (χ1) is 8.54. The predicted octanol–water partition coefficient (Wildman–Crippen LogP) is 3.03. The molecule has 0 fully saturated rings. The summed E-state index contributed by atoms with van der Waals surface area (Å²) in [6.07, 6.45) is 0. The van der Waals surface area contributed by atoms with E-state index in [0.717, 1.165) is 5.57 Å². The lowest BCUT2D eigenvalue weighted by Gasteiger charge is -2.33. The van der Waals surface area contributed by atoms with Gasteiger partial charge in [-0.15, -0.1) is 0 Å². The van der Waals surface area contributed by atoms with Gasteiger partial charge in [-0.1, -0.05) is 19.1 Å². The fourth-order valence-corrected chi connectivity index (χ4v) is 1.57. The Morgan fingerprint density at radius 1 is 1.11 bits per heavy atom. The SMILES string of the molecule is C=C(C)C(=O)OC(C)(C)C(C)C(C)=C(C)C(=O)OC. The maximum atomic E-state index is 11.6. The third kappa shape index (κ3) is 4.54. The fourth-order valence-electron chi connectivity index (χ4n) is 1.57. The van der Waals surface area contributed by atoms with E-state index < -0.39 is 11.6 Å². The zero-order valence-corrected chi connectivity index (χ0v) is 12.9. The molecular weight excluding hydrogens is 244 g/mol. The molecule has 0 rings (SSSR count). The lowest BCUT2D eigenvalue weighted by Crippen LogP contribution is -2.36. The first-order valence-electron chi connectivity index (χ1n) is 6.19. The highest BCUT2D eigenvalue weighted by molar-refractivity contribution is 5.89. The Morgan fingerprint density at radius 3 is 1.95 bits per heavy atom. The molecule has 0 amide bonds. The topological polar surface area (TPSA) is 52.6 Å². The van der Waals surface area contributed by atoms with Crippen LogP contribution in [0.25, 0.3) is 0 Å². The van der Waals surface area contributed by atoms with Crippen molar-refractivity contribution in [2.45, 2.75) is 47.1 Å². The van der Waals surface area contributed by atoms with Crippen molar-refractivity contribution in [2.24, 2.45) is 5.92 Å². The number of hydrogen-bond donors (Lipinski definition) is 0. The summed E-state index contributed by atoms with van der Waals surface area (Å²) in [7, 11) is 1.34. The summed E-state index contributed by atoms with van der Waals surface area (Å²) in [6.45, 7) is 14.2. The molecule has 0 radical (unpaired) electrons. The van der Waals surface area contributed by atoms with E-state index in [-0.39, 0.29) is 11.9 Å². The van der Waals surface area contributed by atoms with Gasteiger partial charge in [-0.25, -0.2) is 9.59 Å². The molecule has 108 valence electrons. The highest BCUT2D eigenvalue weighted by atomic mass is 16.6. The Bertz CT molecular complexity index is 416. The van der Waals surface area contributed by atoms with Crippen molar-refractivity contribution in [3.05, 3.63) is 23.3 Å². The van der Waals surface area contributed by atoms with Crippen LogP contribution in [0.2, 0.25) is 0 Å². The molecule has 4 heteroatoms. The van der Waals surface area contributed by atoms with E-state index in [9.17, 15) is 9.59 Å². The molecule has 0 heterocycles. The third-order valence-electron chi connectivity index (χ3n) is 3.48. The van der Waals surface area contributed by atoms with E-state index in [0.29, 0.717) is 11.1 Å². The van der Waals surface area contributed by atoms with Crippen LogP contribution in [0.5, 0.6) is 0 Å². The van der Waals surface area contributed by atoms with Gasteiger partial charge in [0.25, 0.3) is 0 Å². The number of ether oxygens (including phenoxy) is 2. The minimum Gasteiger partial charge on any atom is -0.466 e. The summed E-state index contributed by atoms with van der Waals surface area (Å²) < 4.78 is 10.1. The summed E-state index contributed by atoms with van der Waals surface area (Å²) in [5.74, 6) is -0.915. The van der Waals surface area contributed by atoms with E-state index in [1.54, 1.807) is 13.8 Å². The zero-order chi connectivity index (χ0) is 15.4. The van der Waals surface area contributed by atoms with Crippen LogP contribution in [0.4, 0.5) is 0 Å². The predicted molar refractivity (Wildman–Crippen MR) is 74.5 cm³/mol. The van der Waals surface area contributed by atoms with Crippen molar-refractivity contribution >= 4 is 11.9 Å². The van der Waals surface area contributed by atoms with E-state index >= 15 is 0 Å². The van der Waals surface area contributed by atoms with E-state index in [4.69, 9.17) is 9.47 Å². The molecule has 1 unspecified atom stereocenters. The Hall–Kier alpha value is -1.58. The summed E-state index contributed by atoms with van der Waals surface area (Å²) >= 11 is 0.